The van der Waals surface area contributed by atoms with Gasteiger partial charge in [0.25, 0.3) is 0 Å². The third-order valence-electron chi connectivity index (χ3n) is 1.66. The van der Waals surface area contributed by atoms with Gasteiger partial charge >= 0.3 is 6.18 Å². The Kier molecular flexibility index (Phi) is 7.64. The molecule has 0 N–H and O–H groups in total. The maximum atomic E-state index is 11.6. The van der Waals surface area contributed by atoms with Crippen molar-refractivity contribution in [2.75, 3.05) is 13.2 Å². The molecule has 0 aromatic rings. The normalized spacial score (nSPS) is 14.4. The number of halogens is 4. The molecule has 0 bridgehead atoms. The molecule has 1 unspecified atom stereocenters. The standard InChI is InChI=1S/C9H16BrF3O/c1-8(10)5-3-2-4-6-14-7-9(11,12)13/h8H,2-7H2,1H3. The van der Waals surface area contributed by atoms with Crippen LogP contribution < -0.4 is 0 Å². The maximum Gasteiger partial charge on any atom is 0.411 e. The van der Waals surface area contributed by atoms with Gasteiger partial charge in [-0.05, 0) is 12.8 Å². The van der Waals surface area contributed by atoms with Crippen molar-refractivity contribution >= 4 is 15.9 Å². The van der Waals surface area contributed by atoms with Crippen molar-refractivity contribution in [2.45, 2.75) is 43.6 Å². The summed E-state index contributed by atoms with van der Waals surface area (Å²) < 4.78 is 39.3. The van der Waals surface area contributed by atoms with Crippen LogP contribution in [0.3, 0.4) is 0 Å². The Morgan fingerprint density at radius 3 is 2.36 bits per heavy atom. The smallest absolute Gasteiger partial charge is 0.372 e. The lowest BCUT2D eigenvalue weighted by Gasteiger charge is -2.07. The molecule has 14 heavy (non-hydrogen) atoms. The SMILES string of the molecule is CC(Br)CCCCCOCC(F)(F)F. The van der Waals surface area contributed by atoms with Gasteiger partial charge in [0.2, 0.25) is 0 Å². The number of unbranched alkanes of at least 4 members (excludes halogenated alkanes) is 2. The minimum Gasteiger partial charge on any atom is -0.372 e. The van der Waals surface area contributed by atoms with Crippen molar-refractivity contribution in [3.05, 3.63) is 0 Å². The van der Waals surface area contributed by atoms with Crippen LogP contribution >= 0.6 is 15.9 Å². The van der Waals surface area contributed by atoms with Crippen molar-refractivity contribution in [2.24, 2.45) is 0 Å². The Morgan fingerprint density at radius 2 is 1.86 bits per heavy atom. The fourth-order valence-corrected chi connectivity index (χ4v) is 1.32. The zero-order chi connectivity index (χ0) is 11.0. The van der Waals surface area contributed by atoms with E-state index in [1.54, 1.807) is 0 Å². The minimum atomic E-state index is -4.19. The van der Waals surface area contributed by atoms with Crippen LogP contribution in [0.25, 0.3) is 0 Å². The summed E-state index contributed by atoms with van der Waals surface area (Å²) in [6.45, 7) is 1.14. The summed E-state index contributed by atoms with van der Waals surface area (Å²) in [5.74, 6) is 0. The molecule has 0 aliphatic rings. The van der Waals surface area contributed by atoms with Gasteiger partial charge in [0.15, 0.2) is 0 Å². The number of rotatable bonds is 7. The van der Waals surface area contributed by atoms with E-state index in [1.807, 2.05) is 0 Å². The molecule has 86 valence electrons. The van der Waals surface area contributed by atoms with Crippen molar-refractivity contribution in [3.63, 3.8) is 0 Å². The van der Waals surface area contributed by atoms with E-state index in [0.29, 0.717) is 11.2 Å². The lowest BCUT2D eigenvalue weighted by Crippen LogP contribution is -2.17. The molecule has 0 radical (unpaired) electrons. The highest BCUT2D eigenvalue weighted by atomic mass is 79.9. The molecule has 0 aromatic heterocycles. The van der Waals surface area contributed by atoms with E-state index in [-0.39, 0.29) is 6.61 Å². The van der Waals surface area contributed by atoms with Gasteiger partial charge in [-0.1, -0.05) is 35.7 Å². The molecule has 0 heterocycles. The van der Waals surface area contributed by atoms with Gasteiger partial charge in [0.05, 0.1) is 0 Å². The summed E-state index contributed by atoms with van der Waals surface area (Å²) in [6.07, 6.45) is -0.477. The maximum absolute atomic E-state index is 11.6. The quantitative estimate of drug-likeness (QED) is 0.506. The molecule has 0 saturated carbocycles. The average molecular weight is 277 g/mol. The molecule has 1 nitrogen and oxygen atoms in total. The number of alkyl halides is 4. The predicted molar refractivity (Wildman–Crippen MR) is 53.7 cm³/mol. The fraction of sp³-hybridized carbons (Fsp3) is 1.00. The van der Waals surface area contributed by atoms with Crippen molar-refractivity contribution in [3.8, 4) is 0 Å². The molecule has 0 aliphatic heterocycles. The van der Waals surface area contributed by atoms with Crippen LogP contribution in [-0.2, 0) is 4.74 Å². The molecule has 0 saturated heterocycles. The van der Waals surface area contributed by atoms with E-state index in [1.165, 1.54) is 0 Å². The number of hydrogen-bond acceptors (Lipinski definition) is 1. The predicted octanol–water partition coefficient (Wildman–Crippen LogP) is 3.91. The summed E-state index contributed by atoms with van der Waals surface area (Å²) in [4.78, 5) is 0.485. The molecule has 0 amide bonds. The third kappa shape index (κ3) is 12.2. The van der Waals surface area contributed by atoms with Crippen LogP contribution in [0, 0.1) is 0 Å². The Morgan fingerprint density at radius 1 is 1.21 bits per heavy atom. The summed E-state index contributed by atoms with van der Waals surface area (Å²) >= 11 is 3.40. The van der Waals surface area contributed by atoms with Crippen LogP contribution in [0.1, 0.15) is 32.6 Å². The highest BCUT2D eigenvalue weighted by Crippen LogP contribution is 2.15. The van der Waals surface area contributed by atoms with Gasteiger partial charge in [-0.2, -0.15) is 13.2 Å². The van der Waals surface area contributed by atoms with Gasteiger partial charge in [-0.15, -0.1) is 0 Å². The van der Waals surface area contributed by atoms with Gasteiger partial charge in [-0.25, -0.2) is 0 Å². The van der Waals surface area contributed by atoms with E-state index in [9.17, 15) is 13.2 Å². The molecular weight excluding hydrogens is 261 g/mol. The van der Waals surface area contributed by atoms with Crippen molar-refractivity contribution < 1.29 is 17.9 Å². The van der Waals surface area contributed by atoms with Gasteiger partial charge in [-0.3, -0.25) is 0 Å². The lowest BCUT2D eigenvalue weighted by atomic mass is 10.2. The molecule has 0 spiro atoms. The number of ether oxygens (including phenoxy) is 1. The minimum absolute atomic E-state index is 0.205. The first-order chi connectivity index (χ1) is 6.42. The zero-order valence-corrected chi connectivity index (χ0v) is 9.83. The summed E-state index contributed by atoms with van der Waals surface area (Å²) in [5, 5.41) is 0. The van der Waals surface area contributed by atoms with E-state index >= 15 is 0 Å². The Hall–Kier alpha value is 0.230. The second-order valence-electron chi connectivity index (χ2n) is 3.30. The topological polar surface area (TPSA) is 9.23 Å². The van der Waals surface area contributed by atoms with E-state index in [2.05, 4.69) is 27.6 Å². The lowest BCUT2D eigenvalue weighted by molar-refractivity contribution is -0.174. The van der Waals surface area contributed by atoms with E-state index < -0.39 is 12.8 Å². The molecule has 1 atom stereocenters. The van der Waals surface area contributed by atoms with E-state index in [4.69, 9.17) is 0 Å². The van der Waals surface area contributed by atoms with Crippen LogP contribution in [-0.4, -0.2) is 24.2 Å². The van der Waals surface area contributed by atoms with Crippen LogP contribution in [0.4, 0.5) is 13.2 Å². The van der Waals surface area contributed by atoms with Crippen molar-refractivity contribution in [1.82, 2.24) is 0 Å². The average Bonchev–Trinajstić information content (AvgIpc) is 2.00. The second-order valence-corrected chi connectivity index (χ2v) is 4.86. The van der Waals surface area contributed by atoms with Gasteiger partial charge < -0.3 is 4.74 Å². The second kappa shape index (κ2) is 7.51. The summed E-state index contributed by atoms with van der Waals surface area (Å²) in [7, 11) is 0. The Balaban J connectivity index is 3.07. The Bertz CT molecular complexity index is 137. The van der Waals surface area contributed by atoms with E-state index in [0.717, 1.165) is 19.3 Å². The zero-order valence-electron chi connectivity index (χ0n) is 8.24. The molecule has 5 heteroatoms. The summed E-state index contributed by atoms with van der Waals surface area (Å²) in [6, 6.07) is 0. The first-order valence-electron chi connectivity index (χ1n) is 4.70. The monoisotopic (exact) mass is 276 g/mol. The summed E-state index contributed by atoms with van der Waals surface area (Å²) in [5.41, 5.74) is 0. The van der Waals surface area contributed by atoms with Crippen molar-refractivity contribution in [1.29, 1.82) is 0 Å². The molecular formula is C9H16BrF3O. The van der Waals surface area contributed by atoms with Crippen LogP contribution in [0.15, 0.2) is 0 Å². The highest BCUT2D eigenvalue weighted by Gasteiger charge is 2.26. The molecule has 0 fully saturated rings. The number of hydrogen-bond donors (Lipinski definition) is 0. The Labute approximate surface area is 91.1 Å². The first kappa shape index (κ1) is 14.2. The largest absolute Gasteiger partial charge is 0.411 e. The van der Waals surface area contributed by atoms with Crippen LogP contribution in [0.5, 0.6) is 0 Å². The fourth-order valence-electron chi connectivity index (χ4n) is 0.994. The first-order valence-corrected chi connectivity index (χ1v) is 5.62. The highest BCUT2D eigenvalue weighted by molar-refractivity contribution is 9.09. The van der Waals surface area contributed by atoms with Crippen LogP contribution in [0.2, 0.25) is 0 Å². The third-order valence-corrected chi connectivity index (χ3v) is 2.11. The molecule has 0 aliphatic carbocycles. The molecule has 0 aromatic carbocycles. The van der Waals surface area contributed by atoms with Gasteiger partial charge in [0.1, 0.15) is 6.61 Å². The molecule has 0 rings (SSSR count). The van der Waals surface area contributed by atoms with Gasteiger partial charge in [0, 0.05) is 11.4 Å².